The summed E-state index contributed by atoms with van der Waals surface area (Å²) < 4.78 is 0. The fourth-order valence-electron chi connectivity index (χ4n) is 0.788. The van der Waals surface area contributed by atoms with Gasteiger partial charge in [-0.2, -0.15) is 0 Å². The van der Waals surface area contributed by atoms with Crippen molar-refractivity contribution in [1.82, 2.24) is 15.4 Å². The maximum Gasteiger partial charge on any atom is 0.112 e. The molecule has 4 heteroatoms. The molecule has 0 aliphatic carbocycles. The molecule has 1 aromatic heterocycles. The van der Waals surface area contributed by atoms with Gasteiger partial charge in [0.2, 0.25) is 0 Å². The first kappa shape index (κ1) is 7.61. The molecule has 0 radical (unpaired) electrons. The van der Waals surface area contributed by atoms with Crippen molar-refractivity contribution in [2.45, 2.75) is 0 Å². The first-order valence-corrected chi connectivity index (χ1v) is 2.72. The van der Waals surface area contributed by atoms with Crippen LogP contribution in [0.2, 0.25) is 0 Å². The fourth-order valence-corrected chi connectivity index (χ4v) is 0.788. The van der Waals surface area contributed by atoms with E-state index in [2.05, 4.69) is 15.4 Å². The predicted molar refractivity (Wildman–Crippen MR) is 35.3 cm³/mol. The van der Waals surface area contributed by atoms with Crippen LogP contribution in [0.15, 0.2) is 24.3 Å². The van der Waals surface area contributed by atoms with Crippen molar-refractivity contribution in [1.29, 1.82) is 0 Å². The number of aromatic amines is 1. The van der Waals surface area contributed by atoms with Crippen LogP contribution in [0.3, 0.4) is 0 Å². The topological polar surface area (TPSA) is 41.6 Å². The monoisotopic (exact) mass is 330 g/mol. The Morgan fingerprint density at radius 2 is 2.00 bits per heavy atom. The van der Waals surface area contributed by atoms with E-state index in [1.807, 2.05) is 24.3 Å². The number of fused-ring (bicyclic) bond motifs is 1. The number of hydrogen-bond acceptors (Lipinski definition) is 2. The minimum atomic E-state index is 0. The van der Waals surface area contributed by atoms with E-state index in [-0.39, 0.29) is 26.2 Å². The number of rotatable bonds is 0. The predicted octanol–water partition coefficient (Wildman–Crippen LogP) is 0.690. The van der Waals surface area contributed by atoms with Crippen LogP contribution in [0.25, 0.3) is 11.0 Å². The third kappa shape index (κ3) is 1.17. The normalized spacial score (nSPS) is 9.20. The molecule has 3 nitrogen and oxygen atoms in total. The third-order valence-electron chi connectivity index (χ3n) is 1.23. The van der Waals surface area contributed by atoms with Crippen LogP contribution in [-0.4, -0.2) is 15.4 Å². The van der Waals surface area contributed by atoms with Gasteiger partial charge in [0.05, 0.1) is 5.52 Å². The van der Waals surface area contributed by atoms with Crippen molar-refractivity contribution in [3.8, 4) is 0 Å². The number of benzene rings is 1. The molecule has 0 amide bonds. The molecular formula is C6H6AtN3. The van der Waals surface area contributed by atoms with Gasteiger partial charge in [0.15, 0.2) is 0 Å². The largest absolute Gasteiger partial charge is 0.258 e. The first-order valence-electron chi connectivity index (χ1n) is 2.72. The van der Waals surface area contributed by atoms with E-state index in [9.17, 15) is 0 Å². The molecule has 1 N–H and O–H groups in total. The molecule has 52 valence electrons. The number of nitrogens with one attached hydrogen (secondary N) is 1. The zero-order chi connectivity index (χ0) is 6.10. The van der Waals surface area contributed by atoms with Gasteiger partial charge in [-0.3, -0.25) is 5.10 Å². The molecule has 1 heterocycles. The van der Waals surface area contributed by atoms with E-state index in [4.69, 9.17) is 0 Å². The third-order valence-corrected chi connectivity index (χ3v) is 1.23. The Kier molecular flexibility index (Phi) is 2.33. The zero-order valence-electron chi connectivity index (χ0n) is 5.11. The Morgan fingerprint density at radius 1 is 1.20 bits per heavy atom. The standard InChI is InChI=1S/C6H5N3.AtH/c1-2-4-6-5(3-1)7-9-8-6;/h1-4H,(H,7,8,9);1H. The smallest absolute Gasteiger partial charge is 0.112 e. The molecule has 0 aliphatic heterocycles. The van der Waals surface area contributed by atoms with Crippen LogP contribution in [0.4, 0.5) is 0 Å². The fraction of sp³-hybridized carbons (Fsp3) is 0. The van der Waals surface area contributed by atoms with Crippen molar-refractivity contribution >= 4 is 11.0 Å². The Morgan fingerprint density at radius 3 is 2.80 bits per heavy atom. The molecule has 0 saturated carbocycles. The molecule has 0 saturated heterocycles. The molecular weight excluding hydrogens is 324 g/mol. The maximum absolute atomic E-state index is 3.81. The van der Waals surface area contributed by atoms with Gasteiger partial charge in [-0.15, -0.1) is 5.10 Å². The van der Waals surface area contributed by atoms with E-state index >= 15 is 0 Å². The quantitative estimate of drug-likeness (QED) is 0.772. The van der Waals surface area contributed by atoms with E-state index in [0.717, 1.165) is 11.0 Å². The van der Waals surface area contributed by atoms with Crippen LogP contribution in [0, 0.1) is 26.2 Å². The van der Waals surface area contributed by atoms with E-state index in [1.165, 1.54) is 0 Å². The summed E-state index contributed by atoms with van der Waals surface area (Å²) in [6.45, 7) is 0. The van der Waals surface area contributed by atoms with Crippen LogP contribution >= 0.6 is 0 Å². The number of nitrogens with zero attached hydrogens (tertiary/aromatic N) is 2. The van der Waals surface area contributed by atoms with Gasteiger partial charge in [-0.25, -0.2) is 0 Å². The van der Waals surface area contributed by atoms with Gasteiger partial charge in [-0.05, 0) is 12.1 Å². The summed E-state index contributed by atoms with van der Waals surface area (Å²) in [5.41, 5.74) is 1.90. The summed E-state index contributed by atoms with van der Waals surface area (Å²) in [5, 5.41) is 10.2. The molecule has 0 spiro atoms. The minimum absolute atomic E-state index is 0. The summed E-state index contributed by atoms with van der Waals surface area (Å²) in [6, 6.07) is 7.74. The summed E-state index contributed by atoms with van der Waals surface area (Å²) in [7, 11) is 0. The molecule has 2 aromatic rings. The van der Waals surface area contributed by atoms with Crippen LogP contribution in [0.1, 0.15) is 0 Å². The van der Waals surface area contributed by atoms with E-state index < -0.39 is 0 Å². The molecule has 0 unspecified atom stereocenters. The second kappa shape index (κ2) is 3.06. The van der Waals surface area contributed by atoms with Crippen molar-refractivity contribution in [2.24, 2.45) is 0 Å². The number of H-pyrrole nitrogens is 1. The van der Waals surface area contributed by atoms with Crippen molar-refractivity contribution in [3.05, 3.63) is 24.3 Å². The Hall–Kier alpha value is -0.497. The summed E-state index contributed by atoms with van der Waals surface area (Å²) >= 11 is 0. The second-order valence-electron chi connectivity index (χ2n) is 1.83. The van der Waals surface area contributed by atoms with Gasteiger partial charge in [-0.1, -0.05) is 17.3 Å². The van der Waals surface area contributed by atoms with Gasteiger partial charge in [0.1, 0.15) is 5.52 Å². The van der Waals surface area contributed by atoms with Crippen molar-refractivity contribution in [3.63, 3.8) is 0 Å². The summed E-state index contributed by atoms with van der Waals surface area (Å²) in [6.07, 6.45) is 0. The number of para-hydroxylation sites is 1. The molecule has 0 bridgehead atoms. The molecule has 10 heavy (non-hydrogen) atoms. The van der Waals surface area contributed by atoms with E-state index in [1.54, 1.807) is 0 Å². The summed E-state index contributed by atoms with van der Waals surface area (Å²) in [4.78, 5) is 0. The zero-order valence-corrected chi connectivity index (χ0v) is 8.29. The minimum Gasteiger partial charge on any atom is -0.258 e. The van der Waals surface area contributed by atoms with Crippen LogP contribution in [-0.2, 0) is 0 Å². The second-order valence-corrected chi connectivity index (χ2v) is 1.83. The van der Waals surface area contributed by atoms with Gasteiger partial charge in [0, 0.05) is 0 Å². The van der Waals surface area contributed by atoms with Crippen molar-refractivity contribution in [2.75, 3.05) is 0 Å². The Balaban J connectivity index is 0.000000500. The molecule has 2 rings (SSSR count). The molecule has 0 fully saturated rings. The Labute approximate surface area is 76.9 Å². The van der Waals surface area contributed by atoms with Crippen LogP contribution in [0.5, 0.6) is 0 Å². The number of hydrogen-bond donors (Lipinski definition) is 1. The molecule has 0 aliphatic rings. The first-order chi connectivity index (χ1) is 4.47. The van der Waals surface area contributed by atoms with Gasteiger partial charge >= 0.3 is 26.2 Å². The molecule has 1 aromatic carbocycles. The number of aromatic nitrogens is 3. The van der Waals surface area contributed by atoms with Gasteiger partial charge < -0.3 is 0 Å². The molecule has 0 atom stereocenters. The average Bonchev–Trinajstić information content (AvgIpc) is 2.33. The average molecular weight is 330 g/mol. The Bertz CT molecular complexity index is 287. The van der Waals surface area contributed by atoms with Gasteiger partial charge in [0.25, 0.3) is 0 Å². The maximum atomic E-state index is 3.81. The van der Waals surface area contributed by atoms with Crippen molar-refractivity contribution < 1.29 is 26.2 Å². The summed E-state index contributed by atoms with van der Waals surface area (Å²) in [5.74, 6) is 0. The SMILES string of the molecule is [AtH].c1ccc2[nH]nnc2c1. The van der Waals surface area contributed by atoms with E-state index in [0.29, 0.717) is 0 Å². The van der Waals surface area contributed by atoms with Crippen LogP contribution < -0.4 is 0 Å².